The van der Waals surface area contributed by atoms with E-state index in [1.807, 2.05) is 0 Å². The van der Waals surface area contributed by atoms with Crippen LogP contribution in [0.2, 0.25) is 0 Å². The molecule has 0 spiro atoms. The lowest BCUT2D eigenvalue weighted by atomic mass is 10.3. The molecule has 2 nitrogen and oxygen atoms in total. The molecule has 0 saturated carbocycles. The van der Waals surface area contributed by atoms with Gasteiger partial charge in [0.05, 0.1) is 5.69 Å². The van der Waals surface area contributed by atoms with Gasteiger partial charge in [0.25, 0.3) is 0 Å². The fraction of sp³-hybridized carbons (Fsp3) is 0.286. The van der Waals surface area contributed by atoms with Crippen LogP contribution in [0.5, 0.6) is 0 Å². The summed E-state index contributed by atoms with van der Waals surface area (Å²) < 4.78 is 37.1. The maximum Gasteiger partial charge on any atom is 0.433 e. The van der Waals surface area contributed by atoms with Crippen LogP contribution in [0.1, 0.15) is 11.4 Å². The molecule has 1 aromatic heterocycles. The monoisotopic (exact) mass is 176 g/mol. The van der Waals surface area contributed by atoms with Gasteiger partial charge in [-0.25, -0.2) is 0 Å². The van der Waals surface area contributed by atoms with Gasteiger partial charge in [0.15, 0.2) is 0 Å². The highest BCUT2D eigenvalue weighted by molar-refractivity contribution is 5.42. The maximum absolute atomic E-state index is 12.1. The van der Waals surface area contributed by atoms with Gasteiger partial charge in [0.2, 0.25) is 0 Å². The molecule has 0 saturated heterocycles. The van der Waals surface area contributed by atoms with Crippen LogP contribution in [-0.4, -0.2) is 9.78 Å². The zero-order chi connectivity index (χ0) is 9.35. The Bertz CT molecular complexity index is 298. The van der Waals surface area contributed by atoms with Gasteiger partial charge in [-0.1, -0.05) is 6.58 Å². The van der Waals surface area contributed by atoms with E-state index >= 15 is 0 Å². The van der Waals surface area contributed by atoms with E-state index in [1.165, 1.54) is 13.1 Å². The second kappa shape index (κ2) is 2.66. The van der Waals surface area contributed by atoms with Gasteiger partial charge < -0.3 is 0 Å². The molecule has 0 bridgehead atoms. The minimum Gasteiger partial charge on any atom is -0.263 e. The molecule has 0 unspecified atom stereocenters. The quantitative estimate of drug-likeness (QED) is 0.640. The fourth-order valence-corrected chi connectivity index (χ4v) is 0.854. The van der Waals surface area contributed by atoms with E-state index in [-0.39, 0.29) is 5.69 Å². The van der Waals surface area contributed by atoms with Crippen molar-refractivity contribution >= 4 is 6.08 Å². The van der Waals surface area contributed by atoms with Crippen molar-refractivity contribution in [2.45, 2.75) is 6.18 Å². The molecule has 0 radical (unpaired) electrons. The summed E-state index contributed by atoms with van der Waals surface area (Å²) in [7, 11) is 1.25. The van der Waals surface area contributed by atoms with Crippen LogP contribution >= 0.6 is 0 Å². The van der Waals surface area contributed by atoms with Crippen molar-refractivity contribution < 1.29 is 13.2 Å². The van der Waals surface area contributed by atoms with Gasteiger partial charge in [-0.05, 0) is 12.1 Å². The molecular formula is C7H7F3N2. The molecule has 0 N–H and O–H groups in total. The average Bonchev–Trinajstić information content (AvgIpc) is 2.29. The first-order chi connectivity index (χ1) is 5.45. The van der Waals surface area contributed by atoms with Crippen LogP contribution in [0.15, 0.2) is 12.6 Å². The third-order valence-electron chi connectivity index (χ3n) is 1.40. The van der Waals surface area contributed by atoms with Crippen molar-refractivity contribution in [2.75, 3.05) is 0 Å². The first kappa shape index (κ1) is 8.83. The summed E-state index contributed by atoms with van der Waals surface area (Å²) in [5.41, 5.74) is -0.540. The molecule has 0 aliphatic heterocycles. The SMILES string of the molecule is C=Cc1cc(C(F)(F)F)n(C)n1. The topological polar surface area (TPSA) is 17.8 Å². The lowest BCUT2D eigenvalue weighted by Gasteiger charge is -2.04. The van der Waals surface area contributed by atoms with Gasteiger partial charge in [0.1, 0.15) is 5.69 Å². The van der Waals surface area contributed by atoms with Crippen molar-refractivity contribution in [3.63, 3.8) is 0 Å². The molecule has 0 amide bonds. The fourth-order valence-electron chi connectivity index (χ4n) is 0.854. The van der Waals surface area contributed by atoms with Crippen molar-refractivity contribution in [2.24, 2.45) is 7.05 Å². The summed E-state index contributed by atoms with van der Waals surface area (Å²) in [4.78, 5) is 0. The number of hydrogen-bond acceptors (Lipinski definition) is 1. The Labute approximate surface area is 67.3 Å². The summed E-state index contributed by atoms with van der Waals surface area (Å²) in [6, 6.07) is 0.951. The summed E-state index contributed by atoms with van der Waals surface area (Å²) in [5.74, 6) is 0. The van der Waals surface area contributed by atoms with Crippen LogP contribution in [0.3, 0.4) is 0 Å². The molecule has 0 fully saturated rings. The van der Waals surface area contributed by atoms with Crippen molar-refractivity contribution in [1.29, 1.82) is 0 Å². The molecule has 1 aromatic rings. The molecule has 1 rings (SSSR count). The first-order valence-corrected chi connectivity index (χ1v) is 3.19. The second-order valence-electron chi connectivity index (χ2n) is 2.28. The van der Waals surface area contributed by atoms with Crippen molar-refractivity contribution in [1.82, 2.24) is 9.78 Å². The molecule has 0 aliphatic rings. The molecule has 12 heavy (non-hydrogen) atoms. The zero-order valence-corrected chi connectivity index (χ0v) is 6.39. The number of alkyl halides is 3. The largest absolute Gasteiger partial charge is 0.433 e. The Kier molecular flexibility index (Phi) is 1.95. The summed E-state index contributed by atoms with van der Waals surface area (Å²) in [6.07, 6.45) is -3.07. The number of aromatic nitrogens is 2. The number of nitrogens with zero attached hydrogens (tertiary/aromatic N) is 2. The summed E-state index contributed by atoms with van der Waals surface area (Å²) in [5, 5.41) is 3.57. The van der Waals surface area contributed by atoms with Crippen LogP contribution < -0.4 is 0 Å². The predicted molar refractivity (Wildman–Crippen MR) is 38.3 cm³/mol. The van der Waals surface area contributed by atoms with Crippen LogP contribution in [-0.2, 0) is 13.2 Å². The van der Waals surface area contributed by atoms with E-state index in [1.54, 1.807) is 0 Å². The Balaban J connectivity index is 3.16. The Hall–Kier alpha value is -1.26. The molecular weight excluding hydrogens is 169 g/mol. The van der Waals surface area contributed by atoms with E-state index < -0.39 is 11.9 Å². The zero-order valence-electron chi connectivity index (χ0n) is 6.39. The third kappa shape index (κ3) is 1.49. The number of hydrogen-bond donors (Lipinski definition) is 0. The molecule has 0 atom stereocenters. The van der Waals surface area contributed by atoms with Gasteiger partial charge >= 0.3 is 6.18 Å². The normalized spacial score (nSPS) is 11.7. The van der Waals surface area contributed by atoms with Crippen LogP contribution in [0.25, 0.3) is 6.08 Å². The van der Waals surface area contributed by atoms with Gasteiger partial charge in [-0.3, -0.25) is 4.68 Å². The van der Waals surface area contributed by atoms with E-state index in [0.717, 1.165) is 10.7 Å². The summed E-state index contributed by atoms with van der Waals surface area (Å²) >= 11 is 0. The van der Waals surface area contributed by atoms with Gasteiger partial charge in [-0.2, -0.15) is 18.3 Å². The molecule has 5 heteroatoms. The van der Waals surface area contributed by atoms with E-state index in [2.05, 4.69) is 11.7 Å². The lowest BCUT2D eigenvalue weighted by molar-refractivity contribution is -0.143. The number of rotatable bonds is 1. The van der Waals surface area contributed by atoms with Crippen molar-refractivity contribution in [3.8, 4) is 0 Å². The predicted octanol–water partition coefficient (Wildman–Crippen LogP) is 2.08. The van der Waals surface area contributed by atoms with Gasteiger partial charge in [0, 0.05) is 7.05 Å². The standard InChI is InChI=1S/C7H7F3N2/c1-3-5-4-6(7(8,9)10)12(2)11-5/h3-4H,1H2,2H3. The highest BCUT2D eigenvalue weighted by Crippen LogP contribution is 2.29. The van der Waals surface area contributed by atoms with Crippen LogP contribution in [0.4, 0.5) is 13.2 Å². The van der Waals surface area contributed by atoms with E-state index in [0.29, 0.717) is 0 Å². The van der Waals surface area contributed by atoms with E-state index in [9.17, 15) is 13.2 Å². The molecule has 0 aromatic carbocycles. The Morgan fingerprint density at radius 1 is 1.58 bits per heavy atom. The highest BCUT2D eigenvalue weighted by Gasteiger charge is 2.34. The Morgan fingerprint density at radius 2 is 2.17 bits per heavy atom. The minimum absolute atomic E-state index is 0.227. The maximum atomic E-state index is 12.1. The smallest absolute Gasteiger partial charge is 0.263 e. The number of halogens is 3. The minimum atomic E-state index is -4.34. The second-order valence-corrected chi connectivity index (χ2v) is 2.28. The Morgan fingerprint density at radius 3 is 2.42 bits per heavy atom. The first-order valence-electron chi connectivity index (χ1n) is 3.19. The van der Waals surface area contributed by atoms with Gasteiger partial charge in [-0.15, -0.1) is 0 Å². The highest BCUT2D eigenvalue weighted by atomic mass is 19.4. The van der Waals surface area contributed by atoms with Crippen molar-refractivity contribution in [3.05, 3.63) is 24.0 Å². The molecule has 1 heterocycles. The molecule has 0 aliphatic carbocycles. The molecule has 66 valence electrons. The lowest BCUT2D eigenvalue weighted by Crippen LogP contribution is -2.11. The van der Waals surface area contributed by atoms with E-state index in [4.69, 9.17) is 0 Å². The average molecular weight is 176 g/mol. The van der Waals surface area contributed by atoms with Crippen LogP contribution in [0, 0.1) is 0 Å². The third-order valence-corrected chi connectivity index (χ3v) is 1.40. The summed E-state index contributed by atoms with van der Waals surface area (Å²) in [6.45, 7) is 3.32. The number of aryl methyl sites for hydroxylation is 1.